The molecule has 2 rings (SSSR count). The molecule has 104 valence electrons. The van der Waals surface area contributed by atoms with Gasteiger partial charge in [-0.3, -0.25) is 4.79 Å². The Morgan fingerprint density at radius 3 is 2.75 bits per heavy atom. The SMILES string of the molecule is CCNC(=O)c1ccc(Oc2csc(C(=O)O)c2)nn1. The molecule has 0 fully saturated rings. The molecular formula is C12H11N3O4S. The molecule has 0 aliphatic rings. The molecule has 8 heteroatoms. The molecule has 0 saturated heterocycles. The van der Waals surface area contributed by atoms with Crippen molar-refractivity contribution in [2.75, 3.05) is 6.54 Å². The average molecular weight is 293 g/mol. The molecule has 0 aliphatic heterocycles. The molecule has 20 heavy (non-hydrogen) atoms. The van der Waals surface area contributed by atoms with Crippen LogP contribution < -0.4 is 10.1 Å². The zero-order chi connectivity index (χ0) is 14.5. The van der Waals surface area contributed by atoms with Crippen molar-refractivity contribution in [2.45, 2.75) is 6.92 Å². The lowest BCUT2D eigenvalue weighted by Crippen LogP contribution is -2.23. The molecule has 0 aliphatic carbocycles. The average Bonchev–Trinajstić information content (AvgIpc) is 2.88. The number of rotatable bonds is 5. The predicted molar refractivity (Wildman–Crippen MR) is 71.4 cm³/mol. The predicted octanol–water partition coefficient (Wildman–Crippen LogP) is 1.78. The van der Waals surface area contributed by atoms with Crippen LogP contribution in [0.5, 0.6) is 11.6 Å². The number of carbonyl (C=O) groups excluding carboxylic acids is 1. The van der Waals surface area contributed by atoms with E-state index < -0.39 is 5.97 Å². The third-order valence-corrected chi connectivity index (χ3v) is 3.12. The molecule has 0 bridgehead atoms. The molecule has 2 heterocycles. The number of ether oxygens (including phenoxy) is 1. The van der Waals surface area contributed by atoms with E-state index in [2.05, 4.69) is 15.5 Å². The van der Waals surface area contributed by atoms with E-state index >= 15 is 0 Å². The van der Waals surface area contributed by atoms with Crippen molar-refractivity contribution in [1.82, 2.24) is 15.5 Å². The summed E-state index contributed by atoms with van der Waals surface area (Å²) in [6.07, 6.45) is 0. The summed E-state index contributed by atoms with van der Waals surface area (Å²) in [5, 5.41) is 20.4. The molecule has 0 radical (unpaired) electrons. The van der Waals surface area contributed by atoms with Crippen LogP contribution >= 0.6 is 11.3 Å². The normalized spacial score (nSPS) is 10.1. The Balaban J connectivity index is 2.06. The van der Waals surface area contributed by atoms with Crippen molar-refractivity contribution in [3.05, 3.63) is 34.2 Å². The summed E-state index contributed by atoms with van der Waals surface area (Å²) in [6, 6.07) is 4.37. The number of aromatic nitrogens is 2. The van der Waals surface area contributed by atoms with Crippen LogP contribution in [0.15, 0.2) is 23.6 Å². The summed E-state index contributed by atoms with van der Waals surface area (Å²) >= 11 is 1.05. The first-order valence-corrected chi connectivity index (χ1v) is 6.59. The number of nitrogens with one attached hydrogen (secondary N) is 1. The number of carboxylic acid groups (broad SMARTS) is 1. The zero-order valence-corrected chi connectivity index (χ0v) is 11.3. The number of hydrogen-bond acceptors (Lipinski definition) is 6. The van der Waals surface area contributed by atoms with Crippen LogP contribution in [0.1, 0.15) is 27.1 Å². The highest BCUT2D eigenvalue weighted by molar-refractivity contribution is 7.12. The lowest BCUT2D eigenvalue weighted by Gasteiger charge is -2.03. The van der Waals surface area contributed by atoms with Crippen LogP contribution in [0.25, 0.3) is 0 Å². The van der Waals surface area contributed by atoms with E-state index in [4.69, 9.17) is 9.84 Å². The molecule has 2 aromatic rings. The topological polar surface area (TPSA) is 101 Å². The Labute approximate surface area is 118 Å². The highest BCUT2D eigenvalue weighted by Gasteiger charge is 2.10. The Morgan fingerprint density at radius 2 is 2.20 bits per heavy atom. The van der Waals surface area contributed by atoms with Crippen molar-refractivity contribution >= 4 is 23.2 Å². The summed E-state index contributed by atoms with van der Waals surface area (Å²) in [6.45, 7) is 2.31. The highest BCUT2D eigenvalue weighted by Crippen LogP contribution is 2.25. The van der Waals surface area contributed by atoms with Gasteiger partial charge in [-0.05, 0) is 13.0 Å². The number of hydrogen-bond donors (Lipinski definition) is 2. The van der Waals surface area contributed by atoms with Gasteiger partial charge < -0.3 is 15.2 Å². The Bertz CT molecular complexity index is 624. The number of carboxylic acids is 1. The van der Waals surface area contributed by atoms with E-state index in [9.17, 15) is 9.59 Å². The summed E-state index contributed by atoms with van der Waals surface area (Å²) in [4.78, 5) is 22.4. The van der Waals surface area contributed by atoms with E-state index in [1.807, 2.05) is 0 Å². The minimum absolute atomic E-state index is 0.173. The maximum absolute atomic E-state index is 11.5. The highest BCUT2D eigenvalue weighted by atomic mass is 32.1. The zero-order valence-electron chi connectivity index (χ0n) is 10.5. The fourth-order valence-corrected chi connectivity index (χ4v) is 2.00. The van der Waals surface area contributed by atoms with Gasteiger partial charge in [-0.2, -0.15) is 0 Å². The number of thiophene rings is 1. The second-order valence-electron chi connectivity index (χ2n) is 3.67. The maximum Gasteiger partial charge on any atom is 0.346 e. The smallest absolute Gasteiger partial charge is 0.346 e. The fraction of sp³-hybridized carbons (Fsp3) is 0.167. The van der Waals surface area contributed by atoms with Crippen LogP contribution in [0, 0.1) is 0 Å². The maximum atomic E-state index is 11.5. The molecular weight excluding hydrogens is 282 g/mol. The minimum Gasteiger partial charge on any atom is -0.477 e. The van der Waals surface area contributed by atoms with Crippen LogP contribution in [0.4, 0.5) is 0 Å². The van der Waals surface area contributed by atoms with Gasteiger partial charge in [0.2, 0.25) is 5.88 Å². The molecule has 0 aromatic carbocycles. The quantitative estimate of drug-likeness (QED) is 0.871. The van der Waals surface area contributed by atoms with Crippen molar-refractivity contribution in [3.8, 4) is 11.6 Å². The van der Waals surface area contributed by atoms with Gasteiger partial charge in [0, 0.05) is 24.1 Å². The Hall–Kier alpha value is -2.48. The third-order valence-electron chi connectivity index (χ3n) is 2.22. The van der Waals surface area contributed by atoms with Gasteiger partial charge in [-0.1, -0.05) is 0 Å². The van der Waals surface area contributed by atoms with E-state index in [-0.39, 0.29) is 22.4 Å². The third kappa shape index (κ3) is 3.29. The van der Waals surface area contributed by atoms with Gasteiger partial charge in [0.25, 0.3) is 5.91 Å². The van der Waals surface area contributed by atoms with Crippen molar-refractivity contribution in [2.24, 2.45) is 0 Å². The first-order chi connectivity index (χ1) is 9.60. The second-order valence-corrected chi connectivity index (χ2v) is 4.58. The van der Waals surface area contributed by atoms with E-state index in [0.29, 0.717) is 12.3 Å². The lowest BCUT2D eigenvalue weighted by molar-refractivity contribution is 0.0701. The van der Waals surface area contributed by atoms with Gasteiger partial charge in [0.15, 0.2) is 5.69 Å². The molecule has 2 aromatic heterocycles. The van der Waals surface area contributed by atoms with Gasteiger partial charge in [-0.25, -0.2) is 4.79 Å². The monoisotopic (exact) mass is 293 g/mol. The minimum atomic E-state index is -1.01. The summed E-state index contributed by atoms with van der Waals surface area (Å²) < 4.78 is 5.35. The summed E-state index contributed by atoms with van der Waals surface area (Å²) in [5.74, 6) is -0.766. The van der Waals surface area contributed by atoms with Crippen LogP contribution in [0.2, 0.25) is 0 Å². The Morgan fingerprint density at radius 1 is 1.40 bits per heavy atom. The largest absolute Gasteiger partial charge is 0.477 e. The van der Waals surface area contributed by atoms with E-state index in [0.717, 1.165) is 11.3 Å². The number of amides is 1. The lowest BCUT2D eigenvalue weighted by atomic mass is 10.3. The van der Waals surface area contributed by atoms with Crippen LogP contribution in [-0.2, 0) is 0 Å². The van der Waals surface area contributed by atoms with E-state index in [1.54, 1.807) is 12.3 Å². The van der Waals surface area contributed by atoms with Crippen molar-refractivity contribution in [3.63, 3.8) is 0 Å². The molecule has 2 N–H and O–H groups in total. The molecule has 0 spiro atoms. The second kappa shape index (κ2) is 6.11. The number of aromatic carboxylic acids is 1. The van der Waals surface area contributed by atoms with Crippen LogP contribution in [0.3, 0.4) is 0 Å². The van der Waals surface area contributed by atoms with Crippen molar-refractivity contribution < 1.29 is 19.4 Å². The molecule has 0 saturated carbocycles. The summed E-state index contributed by atoms with van der Waals surface area (Å²) in [7, 11) is 0. The fourth-order valence-electron chi connectivity index (χ4n) is 1.35. The summed E-state index contributed by atoms with van der Waals surface area (Å²) in [5.41, 5.74) is 0.191. The molecule has 0 unspecified atom stereocenters. The first kappa shape index (κ1) is 13.9. The van der Waals surface area contributed by atoms with Gasteiger partial charge in [0.05, 0.1) is 0 Å². The van der Waals surface area contributed by atoms with Crippen molar-refractivity contribution in [1.29, 1.82) is 0 Å². The van der Waals surface area contributed by atoms with E-state index in [1.165, 1.54) is 18.2 Å². The Kier molecular flexibility index (Phi) is 4.26. The van der Waals surface area contributed by atoms with Gasteiger partial charge in [0.1, 0.15) is 10.6 Å². The first-order valence-electron chi connectivity index (χ1n) is 5.71. The van der Waals surface area contributed by atoms with Gasteiger partial charge >= 0.3 is 5.97 Å². The standard InChI is InChI=1S/C12H11N3O4S/c1-2-13-11(16)8-3-4-10(15-14-8)19-7-5-9(12(17)18)20-6-7/h3-6H,2H2,1H3,(H,13,16)(H,17,18). The molecule has 0 atom stereocenters. The molecule has 1 amide bonds. The number of nitrogens with zero attached hydrogens (tertiary/aromatic N) is 2. The molecule has 7 nitrogen and oxygen atoms in total. The van der Waals surface area contributed by atoms with Gasteiger partial charge in [-0.15, -0.1) is 21.5 Å². The number of carbonyl (C=O) groups is 2. The van der Waals surface area contributed by atoms with Crippen LogP contribution in [-0.4, -0.2) is 33.7 Å².